The number of nitrogens with zero attached hydrogens (tertiary/aromatic N) is 3. The molecule has 8 nitrogen and oxygen atoms in total. The molecule has 1 unspecified atom stereocenters. The van der Waals surface area contributed by atoms with E-state index in [1.807, 2.05) is 41.8 Å². The molecule has 2 aromatic heterocycles. The van der Waals surface area contributed by atoms with E-state index in [4.69, 9.17) is 13.9 Å². The first-order valence-electron chi connectivity index (χ1n) is 10.0. The molecule has 1 amide bonds. The molecule has 3 aromatic rings. The molecule has 0 aliphatic carbocycles. The lowest BCUT2D eigenvalue weighted by Crippen LogP contribution is -2.28. The lowest BCUT2D eigenvalue weighted by Gasteiger charge is -2.18. The summed E-state index contributed by atoms with van der Waals surface area (Å²) in [6.07, 6.45) is 1.61. The van der Waals surface area contributed by atoms with E-state index >= 15 is 0 Å². The second-order valence-electron chi connectivity index (χ2n) is 7.47. The van der Waals surface area contributed by atoms with Crippen LogP contribution in [0.3, 0.4) is 0 Å². The van der Waals surface area contributed by atoms with Gasteiger partial charge in [0.05, 0.1) is 32.3 Å². The number of thioether (sulfide) groups is 1. The van der Waals surface area contributed by atoms with E-state index in [-0.39, 0.29) is 17.7 Å². The number of hydrogen-bond donors (Lipinski definition) is 1. The molecular weight excluding hydrogens is 416 g/mol. The first kappa shape index (κ1) is 22.7. The molecule has 0 saturated carbocycles. The van der Waals surface area contributed by atoms with Crippen molar-refractivity contribution in [2.45, 2.75) is 38.5 Å². The summed E-state index contributed by atoms with van der Waals surface area (Å²) in [5.41, 5.74) is 0.850. The molecule has 0 saturated heterocycles. The Bertz CT molecular complexity index is 1000. The van der Waals surface area contributed by atoms with Crippen LogP contribution in [0.2, 0.25) is 0 Å². The molecule has 0 aliphatic rings. The predicted octanol–water partition coefficient (Wildman–Crippen LogP) is 4.18. The van der Waals surface area contributed by atoms with Gasteiger partial charge in [-0.3, -0.25) is 9.36 Å². The lowest BCUT2D eigenvalue weighted by atomic mass is 10.1. The van der Waals surface area contributed by atoms with Gasteiger partial charge in [-0.05, 0) is 43.2 Å². The zero-order valence-corrected chi connectivity index (χ0v) is 19.2. The van der Waals surface area contributed by atoms with Gasteiger partial charge in [0, 0.05) is 12.1 Å². The van der Waals surface area contributed by atoms with Crippen molar-refractivity contribution in [1.29, 1.82) is 0 Å². The van der Waals surface area contributed by atoms with E-state index in [0.29, 0.717) is 34.2 Å². The molecule has 166 valence electrons. The van der Waals surface area contributed by atoms with Crippen LogP contribution in [-0.2, 0) is 11.3 Å². The quantitative estimate of drug-likeness (QED) is 0.469. The molecule has 3 rings (SSSR count). The van der Waals surface area contributed by atoms with Gasteiger partial charge >= 0.3 is 0 Å². The Balaban J connectivity index is 1.68. The Morgan fingerprint density at radius 3 is 2.65 bits per heavy atom. The fourth-order valence-electron chi connectivity index (χ4n) is 3.18. The zero-order valence-electron chi connectivity index (χ0n) is 18.4. The number of ether oxygens (including phenoxy) is 2. The molecule has 0 bridgehead atoms. The topological polar surface area (TPSA) is 91.4 Å². The SMILES string of the molecule is COc1ccc(OC)c(C(C)NC(=O)CSc2nnc(-c3ccco3)n2CC(C)C)c1. The van der Waals surface area contributed by atoms with Gasteiger partial charge in [0.2, 0.25) is 5.91 Å². The molecule has 1 N–H and O–H groups in total. The van der Waals surface area contributed by atoms with Crippen LogP contribution in [0.1, 0.15) is 32.4 Å². The van der Waals surface area contributed by atoms with Gasteiger partial charge in [0.25, 0.3) is 0 Å². The standard InChI is InChI=1S/C22H28N4O4S/c1-14(2)12-26-21(19-7-6-10-30-19)24-25-22(26)31-13-20(27)23-15(3)17-11-16(28-4)8-9-18(17)29-5/h6-11,14-15H,12-13H2,1-5H3,(H,23,27). The van der Waals surface area contributed by atoms with E-state index in [1.54, 1.807) is 20.5 Å². The molecule has 0 spiro atoms. The second-order valence-corrected chi connectivity index (χ2v) is 8.42. The summed E-state index contributed by atoms with van der Waals surface area (Å²) in [6, 6.07) is 8.95. The van der Waals surface area contributed by atoms with Gasteiger partial charge in [-0.25, -0.2) is 0 Å². The molecule has 9 heteroatoms. The van der Waals surface area contributed by atoms with Crippen molar-refractivity contribution in [3.63, 3.8) is 0 Å². The van der Waals surface area contributed by atoms with E-state index in [9.17, 15) is 4.79 Å². The van der Waals surface area contributed by atoms with E-state index in [1.165, 1.54) is 11.8 Å². The van der Waals surface area contributed by atoms with Crippen molar-refractivity contribution in [2.75, 3.05) is 20.0 Å². The fraction of sp³-hybridized carbons (Fsp3) is 0.409. The van der Waals surface area contributed by atoms with Crippen molar-refractivity contribution < 1.29 is 18.7 Å². The highest BCUT2D eigenvalue weighted by Gasteiger charge is 2.20. The minimum Gasteiger partial charge on any atom is -0.497 e. The summed E-state index contributed by atoms with van der Waals surface area (Å²) < 4.78 is 18.2. The number of rotatable bonds is 10. The van der Waals surface area contributed by atoms with Crippen molar-refractivity contribution in [1.82, 2.24) is 20.1 Å². The number of benzene rings is 1. The number of carbonyl (C=O) groups excluding carboxylic acids is 1. The summed E-state index contributed by atoms with van der Waals surface area (Å²) in [4.78, 5) is 12.6. The van der Waals surface area contributed by atoms with Crippen molar-refractivity contribution in [3.05, 3.63) is 42.2 Å². The first-order valence-corrected chi connectivity index (χ1v) is 11.0. The van der Waals surface area contributed by atoms with Gasteiger partial charge in [-0.15, -0.1) is 10.2 Å². The normalized spacial score (nSPS) is 12.1. The molecule has 0 aliphatic heterocycles. The Morgan fingerprint density at radius 2 is 2.00 bits per heavy atom. The maximum Gasteiger partial charge on any atom is 0.230 e. The monoisotopic (exact) mass is 444 g/mol. The number of furan rings is 1. The van der Waals surface area contributed by atoms with Crippen LogP contribution in [0.4, 0.5) is 0 Å². The third-order valence-corrected chi connectivity index (χ3v) is 5.59. The van der Waals surface area contributed by atoms with Gasteiger partial charge in [0.15, 0.2) is 16.7 Å². The van der Waals surface area contributed by atoms with Gasteiger partial charge in [-0.1, -0.05) is 25.6 Å². The number of methoxy groups -OCH3 is 2. The van der Waals surface area contributed by atoms with Gasteiger partial charge in [-0.2, -0.15) is 0 Å². The number of carbonyl (C=O) groups is 1. The summed E-state index contributed by atoms with van der Waals surface area (Å²) in [7, 11) is 3.21. The predicted molar refractivity (Wildman–Crippen MR) is 119 cm³/mol. The van der Waals surface area contributed by atoms with Crippen LogP contribution in [0.25, 0.3) is 11.6 Å². The maximum atomic E-state index is 12.6. The van der Waals surface area contributed by atoms with Crippen LogP contribution < -0.4 is 14.8 Å². The summed E-state index contributed by atoms with van der Waals surface area (Å²) in [5.74, 6) is 3.21. The van der Waals surface area contributed by atoms with Crippen LogP contribution >= 0.6 is 11.8 Å². The third kappa shape index (κ3) is 5.61. The summed E-state index contributed by atoms with van der Waals surface area (Å²) in [6.45, 7) is 6.88. The minimum absolute atomic E-state index is 0.110. The van der Waals surface area contributed by atoms with E-state index in [2.05, 4.69) is 29.4 Å². The molecule has 31 heavy (non-hydrogen) atoms. The Hall–Kier alpha value is -2.94. The van der Waals surface area contributed by atoms with E-state index in [0.717, 1.165) is 12.1 Å². The number of aromatic nitrogens is 3. The maximum absolute atomic E-state index is 12.6. The van der Waals surface area contributed by atoms with Crippen molar-refractivity contribution in [3.8, 4) is 23.1 Å². The molecule has 0 fully saturated rings. The van der Waals surface area contributed by atoms with Crippen LogP contribution in [0.15, 0.2) is 46.2 Å². The fourth-order valence-corrected chi connectivity index (χ4v) is 3.94. The number of hydrogen-bond acceptors (Lipinski definition) is 7. The summed E-state index contributed by atoms with van der Waals surface area (Å²) in [5, 5.41) is 12.3. The first-order chi connectivity index (χ1) is 14.9. The second kappa shape index (κ2) is 10.4. The number of amides is 1. The summed E-state index contributed by atoms with van der Waals surface area (Å²) >= 11 is 1.35. The molecule has 2 heterocycles. The molecular formula is C22H28N4O4S. The van der Waals surface area contributed by atoms with E-state index < -0.39 is 0 Å². The van der Waals surface area contributed by atoms with Gasteiger partial charge < -0.3 is 19.2 Å². The Labute approximate surface area is 186 Å². The smallest absolute Gasteiger partial charge is 0.230 e. The highest BCUT2D eigenvalue weighted by Crippen LogP contribution is 2.30. The molecule has 0 radical (unpaired) electrons. The van der Waals surface area contributed by atoms with Crippen LogP contribution in [-0.4, -0.2) is 40.6 Å². The Morgan fingerprint density at radius 1 is 1.19 bits per heavy atom. The minimum atomic E-state index is -0.245. The average Bonchev–Trinajstić information content (AvgIpc) is 3.41. The average molecular weight is 445 g/mol. The van der Waals surface area contributed by atoms with Crippen LogP contribution in [0.5, 0.6) is 11.5 Å². The highest BCUT2D eigenvalue weighted by molar-refractivity contribution is 7.99. The van der Waals surface area contributed by atoms with Gasteiger partial charge in [0.1, 0.15) is 11.5 Å². The lowest BCUT2D eigenvalue weighted by molar-refractivity contribution is -0.119. The number of nitrogens with one attached hydrogen (secondary N) is 1. The molecule has 1 aromatic carbocycles. The largest absolute Gasteiger partial charge is 0.497 e. The van der Waals surface area contributed by atoms with Crippen molar-refractivity contribution in [2.24, 2.45) is 5.92 Å². The highest BCUT2D eigenvalue weighted by atomic mass is 32.2. The molecule has 1 atom stereocenters. The zero-order chi connectivity index (χ0) is 22.4. The Kier molecular flexibility index (Phi) is 7.62. The van der Waals surface area contributed by atoms with Crippen LogP contribution in [0, 0.1) is 5.92 Å². The van der Waals surface area contributed by atoms with Crippen molar-refractivity contribution >= 4 is 17.7 Å². The third-order valence-electron chi connectivity index (χ3n) is 4.62.